The van der Waals surface area contributed by atoms with E-state index in [1.54, 1.807) is 7.05 Å². The van der Waals surface area contributed by atoms with Crippen LogP contribution in [0.25, 0.3) is 0 Å². The van der Waals surface area contributed by atoms with Gasteiger partial charge in [0.05, 0.1) is 5.41 Å². The maximum absolute atomic E-state index is 12.0. The average Bonchev–Trinajstić information content (AvgIpc) is 2.80. The Morgan fingerprint density at radius 1 is 1.53 bits per heavy atom. The quantitative estimate of drug-likeness (QED) is 0.865. The minimum absolute atomic E-state index is 0.123. The molecule has 4 heteroatoms. The maximum atomic E-state index is 12.0. The van der Waals surface area contributed by atoms with Gasteiger partial charge in [-0.25, -0.2) is 0 Å². The Hall–Kier alpha value is -1.55. The largest absolute Gasteiger partial charge is 0.370 e. The number of hydrogen-bond acceptors (Lipinski definition) is 3. The molecule has 0 spiro atoms. The van der Waals surface area contributed by atoms with Crippen molar-refractivity contribution in [2.24, 2.45) is 11.1 Å². The summed E-state index contributed by atoms with van der Waals surface area (Å²) in [4.78, 5) is 14.3. The summed E-state index contributed by atoms with van der Waals surface area (Å²) in [7, 11) is 1.70. The van der Waals surface area contributed by atoms with Crippen molar-refractivity contribution in [1.82, 2.24) is 5.32 Å². The molecule has 2 rings (SSSR count). The summed E-state index contributed by atoms with van der Waals surface area (Å²) in [5, 5.41) is 2.77. The summed E-state index contributed by atoms with van der Waals surface area (Å²) in [6.07, 6.45) is 0.880. The first-order valence-corrected chi connectivity index (χ1v) is 6.77. The highest BCUT2D eigenvalue weighted by Gasteiger charge is 2.40. The standard InChI is InChI=1S/C15H23N3O/c1-11-5-4-6-12(9-16)13(11)18-8-7-15(2,10-18)14(19)17-3/h4-6H,7-10,16H2,1-3H3,(H,17,19). The van der Waals surface area contributed by atoms with Gasteiger partial charge in [0.15, 0.2) is 0 Å². The van der Waals surface area contributed by atoms with Crippen molar-refractivity contribution in [3.8, 4) is 0 Å². The molecule has 0 radical (unpaired) electrons. The van der Waals surface area contributed by atoms with Crippen molar-refractivity contribution >= 4 is 11.6 Å². The van der Waals surface area contributed by atoms with Crippen molar-refractivity contribution in [3.63, 3.8) is 0 Å². The first-order valence-electron chi connectivity index (χ1n) is 6.77. The topological polar surface area (TPSA) is 58.4 Å². The number of benzene rings is 1. The van der Waals surface area contributed by atoms with Gasteiger partial charge in [-0.1, -0.05) is 18.2 Å². The van der Waals surface area contributed by atoms with E-state index in [9.17, 15) is 4.79 Å². The number of carbonyl (C=O) groups excluding carboxylic acids is 1. The van der Waals surface area contributed by atoms with Gasteiger partial charge in [-0.15, -0.1) is 0 Å². The van der Waals surface area contributed by atoms with E-state index in [0.29, 0.717) is 6.54 Å². The van der Waals surface area contributed by atoms with Crippen LogP contribution >= 0.6 is 0 Å². The monoisotopic (exact) mass is 261 g/mol. The fourth-order valence-corrected chi connectivity index (χ4v) is 2.98. The molecule has 0 aliphatic carbocycles. The molecule has 1 atom stereocenters. The van der Waals surface area contributed by atoms with E-state index in [1.807, 2.05) is 13.0 Å². The van der Waals surface area contributed by atoms with Gasteiger partial charge in [-0.3, -0.25) is 4.79 Å². The lowest BCUT2D eigenvalue weighted by Crippen LogP contribution is -2.39. The lowest BCUT2D eigenvalue weighted by molar-refractivity contribution is -0.128. The Balaban J connectivity index is 2.29. The zero-order valence-electron chi connectivity index (χ0n) is 12.0. The zero-order valence-corrected chi connectivity index (χ0v) is 12.0. The fourth-order valence-electron chi connectivity index (χ4n) is 2.98. The van der Waals surface area contributed by atoms with E-state index in [2.05, 4.69) is 29.3 Å². The molecular weight excluding hydrogens is 238 g/mol. The van der Waals surface area contributed by atoms with E-state index >= 15 is 0 Å². The van der Waals surface area contributed by atoms with Crippen LogP contribution in [0.2, 0.25) is 0 Å². The van der Waals surface area contributed by atoms with Gasteiger partial charge >= 0.3 is 0 Å². The van der Waals surface area contributed by atoms with Gasteiger partial charge in [0.2, 0.25) is 5.91 Å². The third-order valence-electron chi connectivity index (χ3n) is 4.11. The second-order valence-electron chi connectivity index (χ2n) is 5.60. The van der Waals surface area contributed by atoms with Gasteiger partial charge in [0.1, 0.15) is 0 Å². The molecule has 1 fully saturated rings. The number of nitrogens with two attached hydrogens (primary N) is 1. The summed E-state index contributed by atoms with van der Waals surface area (Å²) in [5.41, 5.74) is 9.12. The Bertz CT molecular complexity index is 486. The van der Waals surface area contributed by atoms with Crippen molar-refractivity contribution in [1.29, 1.82) is 0 Å². The van der Waals surface area contributed by atoms with Crippen LogP contribution in [0.3, 0.4) is 0 Å². The number of nitrogens with one attached hydrogen (secondary N) is 1. The predicted molar refractivity (Wildman–Crippen MR) is 78.1 cm³/mol. The number of anilines is 1. The highest BCUT2D eigenvalue weighted by molar-refractivity contribution is 5.83. The molecule has 1 aromatic rings. The third kappa shape index (κ3) is 2.45. The van der Waals surface area contributed by atoms with Crippen LogP contribution in [-0.4, -0.2) is 26.0 Å². The summed E-state index contributed by atoms with van der Waals surface area (Å²) >= 11 is 0. The molecule has 0 bridgehead atoms. The fraction of sp³-hybridized carbons (Fsp3) is 0.533. The first-order chi connectivity index (χ1) is 9.01. The number of amides is 1. The van der Waals surface area contributed by atoms with Gasteiger partial charge in [0.25, 0.3) is 0 Å². The Morgan fingerprint density at radius 2 is 2.26 bits per heavy atom. The normalized spacial score (nSPS) is 22.6. The molecule has 1 aliphatic heterocycles. The average molecular weight is 261 g/mol. The molecule has 19 heavy (non-hydrogen) atoms. The van der Waals surface area contributed by atoms with Crippen LogP contribution in [-0.2, 0) is 11.3 Å². The Labute approximate surface area is 115 Å². The molecule has 1 saturated heterocycles. The van der Waals surface area contributed by atoms with Crippen molar-refractivity contribution in [3.05, 3.63) is 29.3 Å². The smallest absolute Gasteiger partial charge is 0.227 e. The number of hydrogen-bond donors (Lipinski definition) is 2. The number of para-hydroxylation sites is 1. The summed E-state index contributed by atoms with van der Waals surface area (Å²) in [6.45, 7) is 6.33. The van der Waals surface area contributed by atoms with Crippen molar-refractivity contribution < 1.29 is 4.79 Å². The second kappa shape index (κ2) is 5.21. The SMILES string of the molecule is CNC(=O)C1(C)CCN(c2c(C)cccc2CN)C1. The zero-order chi connectivity index (χ0) is 14.0. The van der Waals surface area contributed by atoms with E-state index in [4.69, 9.17) is 5.73 Å². The highest BCUT2D eigenvalue weighted by Crippen LogP contribution is 2.36. The summed E-state index contributed by atoms with van der Waals surface area (Å²) < 4.78 is 0. The number of rotatable bonds is 3. The van der Waals surface area contributed by atoms with Crippen LogP contribution in [0.4, 0.5) is 5.69 Å². The van der Waals surface area contributed by atoms with E-state index < -0.39 is 0 Å². The van der Waals surface area contributed by atoms with Crippen LogP contribution in [0.15, 0.2) is 18.2 Å². The first kappa shape index (κ1) is 13.9. The van der Waals surface area contributed by atoms with E-state index in [0.717, 1.165) is 25.1 Å². The molecular formula is C15H23N3O. The summed E-state index contributed by atoms with van der Waals surface area (Å²) in [5.74, 6) is 0.123. The van der Waals surface area contributed by atoms with Crippen molar-refractivity contribution in [2.45, 2.75) is 26.8 Å². The lowest BCUT2D eigenvalue weighted by Gasteiger charge is -2.26. The molecule has 4 nitrogen and oxygen atoms in total. The van der Waals surface area contributed by atoms with E-state index in [1.165, 1.54) is 11.3 Å². The predicted octanol–water partition coefficient (Wildman–Crippen LogP) is 1.42. The van der Waals surface area contributed by atoms with Gasteiger partial charge in [-0.05, 0) is 31.4 Å². The summed E-state index contributed by atoms with van der Waals surface area (Å²) in [6, 6.07) is 6.21. The molecule has 1 unspecified atom stereocenters. The minimum Gasteiger partial charge on any atom is -0.370 e. The maximum Gasteiger partial charge on any atom is 0.227 e. The van der Waals surface area contributed by atoms with E-state index in [-0.39, 0.29) is 11.3 Å². The van der Waals surface area contributed by atoms with Gasteiger partial charge in [0, 0.05) is 32.4 Å². The number of aryl methyl sites for hydroxylation is 1. The lowest BCUT2D eigenvalue weighted by atomic mass is 9.89. The number of nitrogens with zero attached hydrogens (tertiary/aromatic N) is 1. The molecule has 1 aromatic carbocycles. The molecule has 0 saturated carbocycles. The highest BCUT2D eigenvalue weighted by atomic mass is 16.2. The van der Waals surface area contributed by atoms with Crippen LogP contribution in [0, 0.1) is 12.3 Å². The second-order valence-corrected chi connectivity index (χ2v) is 5.60. The molecule has 1 amide bonds. The number of carbonyl (C=O) groups is 1. The van der Waals surface area contributed by atoms with Gasteiger partial charge in [-0.2, -0.15) is 0 Å². The Kier molecular flexibility index (Phi) is 3.80. The van der Waals surface area contributed by atoms with Crippen LogP contribution in [0.5, 0.6) is 0 Å². The minimum atomic E-state index is -0.303. The van der Waals surface area contributed by atoms with Crippen LogP contribution in [0.1, 0.15) is 24.5 Å². The van der Waals surface area contributed by atoms with Crippen LogP contribution < -0.4 is 16.0 Å². The van der Waals surface area contributed by atoms with Gasteiger partial charge < -0.3 is 16.0 Å². The molecule has 3 N–H and O–H groups in total. The third-order valence-corrected chi connectivity index (χ3v) is 4.11. The molecule has 104 valence electrons. The van der Waals surface area contributed by atoms with Crippen molar-refractivity contribution in [2.75, 3.05) is 25.0 Å². The molecule has 1 heterocycles. The molecule has 1 aliphatic rings. The molecule has 0 aromatic heterocycles. The Morgan fingerprint density at radius 3 is 2.89 bits per heavy atom.